The van der Waals surface area contributed by atoms with Crippen molar-refractivity contribution in [1.82, 2.24) is 5.32 Å². The average molecular weight is 296 g/mol. The van der Waals surface area contributed by atoms with E-state index in [0.717, 1.165) is 11.0 Å². The maximum atomic E-state index is 14.1. The zero-order valence-corrected chi connectivity index (χ0v) is 12.2. The Morgan fingerprint density at radius 3 is 2.52 bits per heavy atom. The Bertz CT molecular complexity index is 591. The van der Waals surface area contributed by atoms with Crippen molar-refractivity contribution in [3.63, 3.8) is 0 Å². The first-order valence-electron chi connectivity index (χ1n) is 6.95. The molecule has 1 saturated heterocycles. The third kappa shape index (κ3) is 2.39. The van der Waals surface area contributed by atoms with Crippen molar-refractivity contribution in [3.8, 4) is 0 Å². The van der Waals surface area contributed by atoms with Crippen LogP contribution in [-0.2, 0) is 9.59 Å². The molecule has 0 spiro atoms. The Hall–Kier alpha value is -1.98. The van der Waals surface area contributed by atoms with Gasteiger partial charge in [-0.2, -0.15) is 0 Å². The summed E-state index contributed by atoms with van der Waals surface area (Å²) in [6.07, 6.45) is 0.675. The number of piperazine rings is 1. The van der Waals surface area contributed by atoms with Crippen LogP contribution in [0.15, 0.2) is 18.2 Å². The van der Waals surface area contributed by atoms with E-state index in [1.807, 2.05) is 0 Å². The van der Waals surface area contributed by atoms with Crippen LogP contribution in [0.2, 0.25) is 0 Å². The lowest BCUT2D eigenvalue weighted by Gasteiger charge is -2.43. The number of hydrogen-bond donors (Lipinski definition) is 1. The number of benzene rings is 1. The van der Waals surface area contributed by atoms with Crippen LogP contribution in [0, 0.1) is 11.6 Å². The van der Waals surface area contributed by atoms with E-state index in [1.54, 1.807) is 20.8 Å². The van der Waals surface area contributed by atoms with Crippen LogP contribution in [-0.4, -0.2) is 23.4 Å². The average Bonchev–Trinajstić information content (AvgIpc) is 2.46. The second kappa shape index (κ2) is 5.42. The van der Waals surface area contributed by atoms with Gasteiger partial charge in [0.1, 0.15) is 11.6 Å². The van der Waals surface area contributed by atoms with Crippen LogP contribution < -0.4 is 10.2 Å². The van der Waals surface area contributed by atoms with Crippen molar-refractivity contribution in [2.45, 2.75) is 45.2 Å². The molecule has 1 aromatic carbocycles. The zero-order valence-electron chi connectivity index (χ0n) is 12.2. The van der Waals surface area contributed by atoms with Gasteiger partial charge < -0.3 is 5.32 Å². The number of halogens is 2. The first-order valence-corrected chi connectivity index (χ1v) is 6.95. The standard InChI is InChI=1S/C15H18F2N2O2/c1-4-10-13(20)18-15(3,5-2)14(21)19(10)11-8-6-7-9(16)12(11)17/h6-8,10H,4-5H2,1-3H3,(H,18,20). The number of carbonyl (C=O) groups is 2. The maximum Gasteiger partial charge on any atom is 0.253 e. The number of carbonyl (C=O) groups excluding carboxylic acids is 2. The molecule has 1 fully saturated rings. The second-order valence-corrected chi connectivity index (χ2v) is 5.35. The first-order chi connectivity index (χ1) is 9.85. The SMILES string of the molecule is CCC1C(=O)NC(C)(CC)C(=O)N1c1cccc(F)c1F. The summed E-state index contributed by atoms with van der Waals surface area (Å²) in [7, 11) is 0. The molecule has 0 saturated carbocycles. The van der Waals surface area contributed by atoms with E-state index < -0.39 is 29.1 Å². The summed E-state index contributed by atoms with van der Waals surface area (Å²) in [4.78, 5) is 26.0. The molecule has 6 heteroatoms. The summed E-state index contributed by atoms with van der Waals surface area (Å²) in [5.74, 6) is -2.94. The van der Waals surface area contributed by atoms with E-state index in [2.05, 4.69) is 5.32 Å². The van der Waals surface area contributed by atoms with E-state index in [9.17, 15) is 18.4 Å². The minimum Gasteiger partial charge on any atom is -0.340 e. The highest BCUT2D eigenvalue weighted by atomic mass is 19.2. The van der Waals surface area contributed by atoms with Gasteiger partial charge in [-0.05, 0) is 31.9 Å². The van der Waals surface area contributed by atoms with Gasteiger partial charge in [-0.25, -0.2) is 8.78 Å². The van der Waals surface area contributed by atoms with Crippen LogP contribution in [0.4, 0.5) is 14.5 Å². The number of nitrogens with one attached hydrogen (secondary N) is 1. The van der Waals surface area contributed by atoms with Gasteiger partial charge in [0, 0.05) is 0 Å². The molecule has 21 heavy (non-hydrogen) atoms. The van der Waals surface area contributed by atoms with Crippen molar-refractivity contribution in [1.29, 1.82) is 0 Å². The molecule has 0 aromatic heterocycles. The quantitative estimate of drug-likeness (QED) is 0.931. The molecule has 2 atom stereocenters. The molecule has 0 radical (unpaired) electrons. The Morgan fingerprint density at radius 1 is 1.29 bits per heavy atom. The van der Waals surface area contributed by atoms with Crippen LogP contribution in [0.25, 0.3) is 0 Å². The molecule has 0 bridgehead atoms. The summed E-state index contributed by atoms with van der Waals surface area (Å²) in [6.45, 7) is 5.06. The van der Waals surface area contributed by atoms with Gasteiger partial charge in [0.15, 0.2) is 11.6 Å². The molecule has 1 aliphatic rings. The molecule has 1 heterocycles. The molecule has 2 amide bonds. The van der Waals surface area contributed by atoms with Gasteiger partial charge in [-0.15, -0.1) is 0 Å². The number of amides is 2. The van der Waals surface area contributed by atoms with E-state index in [1.165, 1.54) is 12.1 Å². The van der Waals surface area contributed by atoms with Crippen molar-refractivity contribution in [3.05, 3.63) is 29.8 Å². The van der Waals surface area contributed by atoms with Crippen molar-refractivity contribution >= 4 is 17.5 Å². The van der Waals surface area contributed by atoms with Gasteiger partial charge in [0.25, 0.3) is 5.91 Å². The van der Waals surface area contributed by atoms with Crippen molar-refractivity contribution in [2.75, 3.05) is 4.90 Å². The van der Waals surface area contributed by atoms with Crippen LogP contribution in [0.3, 0.4) is 0 Å². The highest BCUT2D eigenvalue weighted by Gasteiger charge is 2.47. The van der Waals surface area contributed by atoms with E-state index in [0.29, 0.717) is 12.8 Å². The van der Waals surface area contributed by atoms with E-state index >= 15 is 0 Å². The smallest absolute Gasteiger partial charge is 0.253 e. The fraction of sp³-hybridized carbons (Fsp3) is 0.467. The molecule has 1 aliphatic heterocycles. The number of anilines is 1. The zero-order chi connectivity index (χ0) is 15.8. The molecule has 4 nitrogen and oxygen atoms in total. The summed E-state index contributed by atoms with van der Waals surface area (Å²) in [5.41, 5.74) is -1.30. The van der Waals surface area contributed by atoms with Crippen molar-refractivity contribution in [2.24, 2.45) is 0 Å². The predicted molar refractivity (Wildman–Crippen MR) is 74.8 cm³/mol. The number of nitrogens with zero attached hydrogens (tertiary/aromatic N) is 1. The van der Waals surface area contributed by atoms with Crippen LogP contribution in [0.5, 0.6) is 0 Å². The van der Waals surface area contributed by atoms with Gasteiger partial charge in [-0.3, -0.25) is 14.5 Å². The molecule has 1 N–H and O–H groups in total. The minimum atomic E-state index is -1.11. The highest BCUT2D eigenvalue weighted by Crippen LogP contribution is 2.31. The summed E-state index contributed by atoms with van der Waals surface area (Å²) < 4.78 is 27.5. The second-order valence-electron chi connectivity index (χ2n) is 5.35. The summed E-state index contributed by atoms with van der Waals surface area (Å²) in [6, 6.07) is 2.78. The lowest BCUT2D eigenvalue weighted by Crippen LogP contribution is -2.69. The Morgan fingerprint density at radius 2 is 1.95 bits per heavy atom. The molecule has 1 aromatic rings. The third-order valence-corrected chi connectivity index (χ3v) is 3.99. The number of hydrogen-bond acceptors (Lipinski definition) is 2. The van der Waals surface area contributed by atoms with Crippen LogP contribution in [0.1, 0.15) is 33.6 Å². The molecule has 114 valence electrons. The van der Waals surface area contributed by atoms with E-state index in [4.69, 9.17) is 0 Å². The van der Waals surface area contributed by atoms with Gasteiger partial charge >= 0.3 is 0 Å². The monoisotopic (exact) mass is 296 g/mol. The molecule has 2 unspecified atom stereocenters. The summed E-state index contributed by atoms with van der Waals surface area (Å²) >= 11 is 0. The fourth-order valence-electron chi connectivity index (χ4n) is 2.50. The fourth-order valence-corrected chi connectivity index (χ4v) is 2.50. The first kappa shape index (κ1) is 15.4. The minimum absolute atomic E-state index is 0.193. The van der Waals surface area contributed by atoms with E-state index in [-0.39, 0.29) is 11.6 Å². The molecule has 0 aliphatic carbocycles. The number of rotatable bonds is 3. The lowest BCUT2D eigenvalue weighted by atomic mass is 9.90. The van der Waals surface area contributed by atoms with Gasteiger partial charge in [-0.1, -0.05) is 19.9 Å². The highest BCUT2D eigenvalue weighted by molar-refractivity contribution is 6.10. The maximum absolute atomic E-state index is 14.1. The third-order valence-electron chi connectivity index (χ3n) is 3.99. The molecule has 2 rings (SSSR count). The Kier molecular flexibility index (Phi) is 3.98. The molecular formula is C15H18F2N2O2. The predicted octanol–water partition coefficient (Wildman–Crippen LogP) is 2.37. The molecular weight excluding hydrogens is 278 g/mol. The van der Waals surface area contributed by atoms with Crippen LogP contribution >= 0.6 is 0 Å². The topological polar surface area (TPSA) is 49.4 Å². The Labute approximate surface area is 122 Å². The largest absolute Gasteiger partial charge is 0.340 e. The summed E-state index contributed by atoms with van der Waals surface area (Å²) in [5, 5.41) is 2.68. The Balaban J connectivity index is 2.58. The lowest BCUT2D eigenvalue weighted by molar-refractivity contribution is -0.138. The van der Waals surface area contributed by atoms with Gasteiger partial charge in [0.2, 0.25) is 5.91 Å². The normalized spacial score (nSPS) is 26.0. The van der Waals surface area contributed by atoms with Crippen molar-refractivity contribution < 1.29 is 18.4 Å². The van der Waals surface area contributed by atoms with Gasteiger partial charge in [0.05, 0.1) is 5.69 Å².